The van der Waals surface area contributed by atoms with Crippen LogP contribution >= 0.6 is 0 Å². The van der Waals surface area contributed by atoms with Crippen molar-refractivity contribution >= 4 is 0 Å². The highest BCUT2D eigenvalue weighted by Gasteiger charge is 2.02. The predicted octanol–water partition coefficient (Wildman–Crippen LogP) is 2.56. The van der Waals surface area contributed by atoms with Crippen LogP contribution in [0.5, 0.6) is 0 Å². The van der Waals surface area contributed by atoms with Crippen molar-refractivity contribution in [3.8, 4) is 0 Å². The van der Waals surface area contributed by atoms with Crippen LogP contribution in [0.15, 0.2) is 12.1 Å². The Labute approximate surface area is 87.3 Å². The summed E-state index contributed by atoms with van der Waals surface area (Å²) in [6.07, 6.45) is 0. The lowest BCUT2D eigenvalue weighted by atomic mass is 10.2. The third-order valence-corrected chi connectivity index (χ3v) is 2.46. The van der Waals surface area contributed by atoms with E-state index in [0.29, 0.717) is 0 Å². The van der Waals surface area contributed by atoms with Crippen LogP contribution in [0.25, 0.3) is 0 Å². The van der Waals surface area contributed by atoms with Crippen molar-refractivity contribution in [1.29, 1.82) is 0 Å². The lowest BCUT2D eigenvalue weighted by Crippen LogP contribution is -2.20. The minimum Gasteiger partial charge on any atom is -0.348 e. The van der Waals surface area contributed by atoms with E-state index in [2.05, 4.69) is 49.7 Å². The number of aryl methyl sites for hydroxylation is 1. The quantitative estimate of drug-likeness (QED) is 0.762. The second-order valence-electron chi connectivity index (χ2n) is 4.24. The molecule has 2 heteroatoms. The Kier molecular flexibility index (Phi) is 4.21. The first kappa shape index (κ1) is 11.3. The Bertz CT molecular complexity index is 274. The first-order valence-corrected chi connectivity index (χ1v) is 5.50. The van der Waals surface area contributed by atoms with Gasteiger partial charge in [0.25, 0.3) is 0 Å². The van der Waals surface area contributed by atoms with E-state index >= 15 is 0 Å². The molecule has 0 aliphatic rings. The predicted molar refractivity (Wildman–Crippen MR) is 61.4 cm³/mol. The van der Waals surface area contributed by atoms with Gasteiger partial charge in [-0.2, -0.15) is 0 Å². The molecule has 0 aliphatic heterocycles. The number of rotatable bonds is 5. The second kappa shape index (κ2) is 5.20. The Hall–Kier alpha value is -0.760. The van der Waals surface area contributed by atoms with E-state index in [-0.39, 0.29) is 0 Å². The van der Waals surface area contributed by atoms with Crippen molar-refractivity contribution in [3.63, 3.8) is 0 Å². The molecule has 1 heterocycles. The van der Waals surface area contributed by atoms with Gasteiger partial charge in [-0.1, -0.05) is 13.8 Å². The maximum absolute atomic E-state index is 3.47. The van der Waals surface area contributed by atoms with Gasteiger partial charge in [0.2, 0.25) is 0 Å². The van der Waals surface area contributed by atoms with E-state index in [1.165, 1.54) is 11.4 Å². The fourth-order valence-electron chi connectivity index (χ4n) is 1.72. The van der Waals surface area contributed by atoms with Crippen molar-refractivity contribution in [2.24, 2.45) is 5.92 Å². The van der Waals surface area contributed by atoms with Gasteiger partial charge < -0.3 is 9.88 Å². The molecule has 14 heavy (non-hydrogen) atoms. The van der Waals surface area contributed by atoms with Gasteiger partial charge >= 0.3 is 0 Å². The topological polar surface area (TPSA) is 17.0 Å². The monoisotopic (exact) mass is 194 g/mol. The maximum Gasteiger partial charge on any atom is 0.0359 e. The van der Waals surface area contributed by atoms with Gasteiger partial charge in [0, 0.05) is 24.5 Å². The van der Waals surface area contributed by atoms with Crippen LogP contribution in [0.1, 0.15) is 32.2 Å². The summed E-state index contributed by atoms with van der Waals surface area (Å²) in [6.45, 7) is 12.0. The van der Waals surface area contributed by atoms with Crippen LogP contribution in [0.3, 0.4) is 0 Å². The van der Waals surface area contributed by atoms with Crippen LogP contribution in [-0.4, -0.2) is 11.1 Å². The maximum atomic E-state index is 3.47. The zero-order valence-corrected chi connectivity index (χ0v) is 9.80. The van der Waals surface area contributed by atoms with Crippen molar-refractivity contribution in [1.82, 2.24) is 9.88 Å². The molecule has 0 fully saturated rings. The van der Waals surface area contributed by atoms with Crippen LogP contribution < -0.4 is 5.32 Å². The summed E-state index contributed by atoms with van der Waals surface area (Å²) in [5.74, 6) is 0.723. The number of hydrogen-bond donors (Lipinski definition) is 1. The van der Waals surface area contributed by atoms with E-state index in [9.17, 15) is 0 Å². The fraction of sp³-hybridized carbons (Fsp3) is 0.667. The molecule has 0 spiro atoms. The van der Waals surface area contributed by atoms with Crippen molar-refractivity contribution in [2.75, 3.05) is 6.54 Å². The molecule has 0 saturated carbocycles. The molecule has 2 nitrogen and oxygen atoms in total. The molecular formula is C12H22N2. The summed E-state index contributed by atoms with van der Waals surface area (Å²) in [4.78, 5) is 0. The zero-order chi connectivity index (χ0) is 10.6. The van der Waals surface area contributed by atoms with E-state index in [1.807, 2.05) is 0 Å². The normalized spacial score (nSPS) is 11.2. The molecule has 0 saturated heterocycles. The highest BCUT2D eigenvalue weighted by Crippen LogP contribution is 2.07. The van der Waals surface area contributed by atoms with Crippen LogP contribution in [-0.2, 0) is 13.1 Å². The van der Waals surface area contributed by atoms with Crippen molar-refractivity contribution < 1.29 is 0 Å². The van der Waals surface area contributed by atoms with Gasteiger partial charge in [-0.3, -0.25) is 0 Å². The van der Waals surface area contributed by atoms with E-state index in [0.717, 1.165) is 25.6 Å². The number of aromatic nitrogens is 1. The lowest BCUT2D eigenvalue weighted by Gasteiger charge is -2.11. The molecule has 0 aromatic carbocycles. The van der Waals surface area contributed by atoms with E-state index < -0.39 is 0 Å². The minimum absolute atomic E-state index is 0.723. The molecule has 0 atom stereocenters. The van der Waals surface area contributed by atoms with Gasteiger partial charge in [0.15, 0.2) is 0 Å². The summed E-state index contributed by atoms with van der Waals surface area (Å²) < 4.78 is 2.35. The van der Waals surface area contributed by atoms with E-state index in [1.54, 1.807) is 0 Å². The smallest absolute Gasteiger partial charge is 0.0359 e. The molecule has 80 valence electrons. The first-order chi connectivity index (χ1) is 6.65. The Morgan fingerprint density at radius 1 is 1.36 bits per heavy atom. The van der Waals surface area contributed by atoms with Gasteiger partial charge in [0.05, 0.1) is 0 Å². The van der Waals surface area contributed by atoms with Crippen LogP contribution in [0, 0.1) is 12.8 Å². The molecule has 0 bridgehead atoms. The van der Waals surface area contributed by atoms with Gasteiger partial charge in [-0.05, 0) is 38.4 Å². The molecular weight excluding hydrogens is 172 g/mol. The lowest BCUT2D eigenvalue weighted by molar-refractivity contribution is 0.536. The fourth-order valence-corrected chi connectivity index (χ4v) is 1.72. The summed E-state index contributed by atoms with van der Waals surface area (Å²) in [5.41, 5.74) is 2.75. The molecule has 1 rings (SSSR count). The molecule has 1 N–H and O–H groups in total. The Balaban J connectivity index is 2.50. The largest absolute Gasteiger partial charge is 0.348 e. The average Bonchev–Trinajstić information content (AvgIpc) is 2.46. The summed E-state index contributed by atoms with van der Waals surface area (Å²) >= 11 is 0. The minimum atomic E-state index is 0.723. The third kappa shape index (κ3) is 2.88. The Morgan fingerprint density at radius 3 is 2.64 bits per heavy atom. The zero-order valence-electron chi connectivity index (χ0n) is 9.80. The number of nitrogens with one attached hydrogen (secondary N) is 1. The van der Waals surface area contributed by atoms with E-state index in [4.69, 9.17) is 0 Å². The summed E-state index contributed by atoms with van der Waals surface area (Å²) in [7, 11) is 0. The highest BCUT2D eigenvalue weighted by atomic mass is 15.0. The highest BCUT2D eigenvalue weighted by molar-refractivity contribution is 5.14. The molecule has 0 amide bonds. The molecule has 0 unspecified atom stereocenters. The summed E-state index contributed by atoms with van der Waals surface area (Å²) in [5, 5.41) is 3.47. The average molecular weight is 194 g/mol. The molecule has 1 aromatic heterocycles. The SMILES string of the molecule is CCn1c(C)ccc1CNCC(C)C. The second-order valence-corrected chi connectivity index (χ2v) is 4.24. The van der Waals surface area contributed by atoms with Crippen LogP contribution in [0.2, 0.25) is 0 Å². The van der Waals surface area contributed by atoms with Crippen molar-refractivity contribution in [2.45, 2.75) is 40.8 Å². The number of hydrogen-bond acceptors (Lipinski definition) is 1. The summed E-state index contributed by atoms with van der Waals surface area (Å²) in [6, 6.07) is 4.40. The molecule has 1 aromatic rings. The van der Waals surface area contributed by atoms with Gasteiger partial charge in [-0.25, -0.2) is 0 Å². The number of nitrogens with zero attached hydrogens (tertiary/aromatic N) is 1. The third-order valence-electron chi connectivity index (χ3n) is 2.46. The Morgan fingerprint density at radius 2 is 2.07 bits per heavy atom. The van der Waals surface area contributed by atoms with Crippen LogP contribution in [0.4, 0.5) is 0 Å². The first-order valence-electron chi connectivity index (χ1n) is 5.50. The standard InChI is InChI=1S/C12H22N2/c1-5-14-11(4)6-7-12(14)9-13-8-10(2)3/h6-7,10,13H,5,8-9H2,1-4H3. The molecule has 0 radical (unpaired) electrons. The molecule has 0 aliphatic carbocycles. The van der Waals surface area contributed by atoms with Crippen molar-refractivity contribution in [3.05, 3.63) is 23.5 Å². The van der Waals surface area contributed by atoms with Gasteiger partial charge in [0.1, 0.15) is 0 Å². The van der Waals surface area contributed by atoms with Gasteiger partial charge in [-0.15, -0.1) is 0 Å².